The first kappa shape index (κ1) is 14.9. The van der Waals surface area contributed by atoms with Gasteiger partial charge in [0.15, 0.2) is 0 Å². The van der Waals surface area contributed by atoms with Gasteiger partial charge in [-0.1, -0.05) is 18.2 Å². The Morgan fingerprint density at radius 1 is 1.10 bits per heavy atom. The Morgan fingerprint density at radius 2 is 1.86 bits per heavy atom. The topological polar surface area (TPSA) is 50.4 Å². The molecule has 2 rings (SSSR count). The van der Waals surface area contributed by atoms with Gasteiger partial charge in [0.2, 0.25) is 5.91 Å². The predicted molar refractivity (Wildman–Crippen MR) is 85.9 cm³/mol. The van der Waals surface area contributed by atoms with E-state index < -0.39 is 0 Å². The number of amides is 1. The van der Waals surface area contributed by atoms with Crippen molar-refractivity contribution in [1.82, 2.24) is 0 Å². The summed E-state index contributed by atoms with van der Waals surface area (Å²) in [4.78, 5) is 11.9. The van der Waals surface area contributed by atoms with Gasteiger partial charge in [-0.05, 0) is 43.7 Å². The molecule has 0 spiro atoms. The van der Waals surface area contributed by atoms with Crippen molar-refractivity contribution in [2.24, 2.45) is 0 Å². The normalized spacial score (nSPS) is 10.0. The zero-order valence-corrected chi connectivity index (χ0v) is 12.3. The van der Waals surface area contributed by atoms with Gasteiger partial charge in [0.25, 0.3) is 0 Å². The zero-order valence-electron chi connectivity index (χ0n) is 12.3. The summed E-state index contributed by atoms with van der Waals surface area (Å²) in [5.41, 5.74) is 2.83. The Bertz CT molecular complexity index is 611. The van der Waals surface area contributed by atoms with Crippen LogP contribution in [-0.4, -0.2) is 19.1 Å². The number of carbonyl (C=O) groups excluding carboxylic acids is 1. The first-order valence-electron chi connectivity index (χ1n) is 7.00. The van der Waals surface area contributed by atoms with Crippen LogP contribution in [0, 0.1) is 6.92 Å². The lowest BCUT2D eigenvalue weighted by atomic mass is 10.2. The second-order valence-electron chi connectivity index (χ2n) is 4.73. The summed E-state index contributed by atoms with van der Waals surface area (Å²) in [6.07, 6.45) is 0. The highest BCUT2D eigenvalue weighted by molar-refractivity contribution is 5.93. The third-order valence-corrected chi connectivity index (χ3v) is 2.90. The lowest BCUT2D eigenvalue weighted by Gasteiger charge is -2.09. The highest BCUT2D eigenvalue weighted by Gasteiger charge is 2.03. The minimum Gasteiger partial charge on any atom is -0.494 e. The van der Waals surface area contributed by atoms with Crippen LogP contribution >= 0.6 is 0 Å². The van der Waals surface area contributed by atoms with Gasteiger partial charge in [0.1, 0.15) is 5.75 Å². The molecule has 0 aliphatic heterocycles. The number of aryl methyl sites for hydroxylation is 1. The van der Waals surface area contributed by atoms with Crippen molar-refractivity contribution in [3.8, 4) is 5.75 Å². The smallest absolute Gasteiger partial charge is 0.243 e. The second-order valence-corrected chi connectivity index (χ2v) is 4.73. The van der Waals surface area contributed by atoms with Crippen LogP contribution in [-0.2, 0) is 4.79 Å². The molecule has 110 valence electrons. The number of hydrogen-bond acceptors (Lipinski definition) is 3. The van der Waals surface area contributed by atoms with Crippen LogP contribution in [0.2, 0.25) is 0 Å². The van der Waals surface area contributed by atoms with Gasteiger partial charge in [0.05, 0.1) is 13.2 Å². The molecular weight excluding hydrogens is 264 g/mol. The maximum Gasteiger partial charge on any atom is 0.243 e. The Kier molecular flexibility index (Phi) is 5.21. The summed E-state index contributed by atoms with van der Waals surface area (Å²) < 4.78 is 5.40. The SMILES string of the molecule is CCOc1cccc(NC(=O)CNc2cccc(C)c2)c1. The van der Waals surface area contributed by atoms with Crippen LogP contribution in [0.25, 0.3) is 0 Å². The number of nitrogens with one attached hydrogen (secondary N) is 2. The summed E-state index contributed by atoms with van der Waals surface area (Å²) in [7, 11) is 0. The van der Waals surface area contributed by atoms with Crippen LogP contribution in [0.15, 0.2) is 48.5 Å². The Balaban J connectivity index is 1.88. The molecule has 0 saturated carbocycles. The molecule has 0 aliphatic rings. The molecule has 1 amide bonds. The maximum atomic E-state index is 11.9. The van der Waals surface area contributed by atoms with Crippen molar-refractivity contribution >= 4 is 17.3 Å². The average Bonchev–Trinajstić information content (AvgIpc) is 2.46. The van der Waals surface area contributed by atoms with E-state index in [-0.39, 0.29) is 12.5 Å². The Hall–Kier alpha value is -2.49. The minimum absolute atomic E-state index is 0.0924. The van der Waals surface area contributed by atoms with Gasteiger partial charge in [0, 0.05) is 17.4 Å². The largest absolute Gasteiger partial charge is 0.494 e. The highest BCUT2D eigenvalue weighted by Crippen LogP contribution is 2.17. The fourth-order valence-electron chi connectivity index (χ4n) is 1.97. The molecule has 0 radical (unpaired) electrons. The summed E-state index contributed by atoms with van der Waals surface area (Å²) in [5, 5.41) is 5.95. The van der Waals surface area contributed by atoms with E-state index in [1.165, 1.54) is 0 Å². The first-order valence-corrected chi connectivity index (χ1v) is 7.00. The molecule has 4 nitrogen and oxygen atoms in total. The van der Waals surface area contributed by atoms with Crippen LogP contribution in [0.5, 0.6) is 5.75 Å². The van der Waals surface area contributed by atoms with E-state index in [1.807, 2.05) is 62.4 Å². The van der Waals surface area contributed by atoms with E-state index in [9.17, 15) is 4.79 Å². The van der Waals surface area contributed by atoms with Crippen molar-refractivity contribution in [3.05, 3.63) is 54.1 Å². The number of anilines is 2. The van der Waals surface area contributed by atoms with Crippen molar-refractivity contribution in [2.45, 2.75) is 13.8 Å². The highest BCUT2D eigenvalue weighted by atomic mass is 16.5. The van der Waals surface area contributed by atoms with Crippen molar-refractivity contribution in [3.63, 3.8) is 0 Å². The lowest BCUT2D eigenvalue weighted by Crippen LogP contribution is -2.21. The van der Waals surface area contributed by atoms with Crippen LogP contribution in [0.4, 0.5) is 11.4 Å². The number of rotatable bonds is 6. The third-order valence-electron chi connectivity index (χ3n) is 2.90. The second kappa shape index (κ2) is 7.33. The molecule has 0 saturated heterocycles. The molecule has 0 aliphatic carbocycles. The van der Waals surface area contributed by atoms with E-state index in [0.717, 1.165) is 22.7 Å². The number of ether oxygens (including phenoxy) is 1. The van der Waals surface area contributed by atoms with E-state index in [1.54, 1.807) is 0 Å². The number of benzene rings is 2. The fraction of sp³-hybridized carbons (Fsp3) is 0.235. The van der Waals surface area contributed by atoms with Gasteiger partial charge in [-0.2, -0.15) is 0 Å². The monoisotopic (exact) mass is 284 g/mol. The molecule has 2 N–H and O–H groups in total. The minimum atomic E-state index is -0.0924. The van der Waals surface area contributed by atoms with Gasteiger partial charge < -0.3 is 15.4 Å². The van der Waals surface area contributed by atoms with Gasteiger partial charge >= 0.3 is 0 Å². The zero-order chi connectivity index (χ0) is 15.1. The maximum absolute atomic E-state index is 11.9. The Morgan fingerprint density at radius 3 is 2.62 bits per heavy atom. The summed E-state index contributed by atoms with van der Waals surface area (Å²) in [5.74, 6) is 0.659. The van der Waals surface area contributed by atoms with Gasteiger partial charge in [-0.25, -0.2) is 0 Å². The number of carbonyl (C=O) groups is 1. The van der Waals surface area contributed by atoms with E-state index in [4.69, 9.17) is 4.74 Å². The summed E-state index contributed by atoms with van der Waals surface area (Å²) >= 11 is 0. The van der Waals surface area contributed by atoms with E-state index in [0.29, 0.717) is 6.61 Å². The molecule has 2 aromatic carbocycles. The van der Waals surface area contributed by atoms with Gasteiger partial charge in [-0.15, -0.1) is 0 Å². The van der Waals surface area contributed by atoms with E-state index in [2.05, 4.69) is 10.6 Å². The first-order chi connectivity index (χ1) is 10.2. The molecule has 0 heterocycles. The van der Waals surface area contributed by atoms with Crippen LogP contribution in [0.3, 0.4) is 0 Å². The molecule has 0 bridgehead atoms. The molecule has 2 aromatic rings. The fourth-order valence-corrected chi connectivity index (χ4v) is 1.97. The molecule has 0 aromatic heterocycles. The number of hydrogen-bond donors (Lipinski definition) is 2. The third kappa shape index (κ3) is 4.84. The summed E-state index contributed by atoms with van der Waals surface area (Å²) in [6, 6.07) is 15.3. The van der Waals surface area contributed by atoms with Crippen molar-refractivity contribution < 1.29 is 9.53 Å². The van der Waals surface area contributed by atoms with Crippen molar-refractivity contribution in [2.75, 3.05) is 23.8 Å². The molecule has 21 heavy (non-hydrogen) atoms. The molecule has 0 unspecified atom stereocenters. The van der Waals surface area contributed by atoms with Crippen LogP contribution < -0.4 is 15.4 Å². The summed E-state index contributed by atoms with van der Waals surface area (Å²) in [6.45, 7) is 4.77. The predicted octanol–water partition coefficient (Wildman–Crippen LogP) is 3.44. The van der Waals surface area contributed by atoms with Crippen LogP contribution in [0.1, 0.15) is 12.5 Å². The van der Waals surface area contributed by atoms with E-state index >= 15 is 0 Å². The lowest BCUT2D eigenvalue weighted by molar-refractivity contribution is -0.114. The molecule has 4 heteroatoms. The Labute approximate surface area is 125 Å². The standard InChI is InChI=1S/C17H20N2O2/c1-3-21-16-9-5-8-15(11-16)19-17(20)12-18-14-7-4-6-13(2)10-14/h4-11,18H,3,12H2,1-2H3,(H,19,20). The van der Waals surface area contributed by atoms with Gasteiger partial charge in [-0.3, -0.25) is 4.79 Å². The quantitative estimate of drug-likeness (QED) is 0.854. The molecule has 0 fully saturated rings. The van der Waals surface area contributed by atoms with Crippen molar-refractivity contribution in [1.29, 1.82) is 0 Å². The average molecular weight is 284 g/mol. The molecular formula is C17H20N2O2. The molecule has 0 atom stereocenters.